The highest BCUT2D eigenvalue weighted by Crippen LogP contribution is 2.26. The molecule has 2 aliphatic rings. The molecular formula is C22H24N4O4. The second-order valence-electron chi connectivity index (χ2n) is 7.45. The lowest BCUT2D eigenvalue weighted by atomic mass is 9.87. The maximum Gasteiger partial charge on any atom is 0.248 e. The summed E-state index contributed by atoms with van der Waals surface area (Å²) in [4.78, 5) is 31.3. The molecule has 1 saturated heterocycles. The first-order valence-electron chi connectivity index (χ1n) is 9.93. The summed E-state index contributed by atoms with van der Waals surface area (Å²) in [6, 6.07) is 12.7. The Balaban J connectivity index is 1.42. The quantitative estimate of drug-likeness (QED) is 0.508. The van der Waals surface area contributed by atoms with Crippen LogP contribution in [0.2, 0.25) is 0 Å². The van der Waals surface area contributed by atoms with Crippen molar-refractivity contribution >= 4 is 17.4 Å². The number of piperidine rings is 1. The molecular weight excluding hydrogens is 384 g/mol. The van der Waals surface area contributed by atoms with Crippen LogP contribution in [-0.2, 0) is 9.59 Å². The third kappa shape index (κ3) is 4.34. The highest BCUT2D eigenvalue weighted by Gasteiger charge is 2.42. The normalized spacial score (nSPS) is 23.6. The Kier molecular flexibility index (Phi) is 6.06. The molecule has 3 N–H and O–H groups in total. The van der Waals surface area contributed by atoms with Crippen molar-refractivity contribution in [3.63, 3.8) is 0 Å². The molecule has 2 aromatic rings. The third-order valence-electron chi connectivity index (χ3n) is 5.51. The molecule has 8 heteroatoms. The second-order valence-corrected chi connectivity index (χ2v) is 7.45. The van der Waals surface area contributed by atoms with Gasteiger partial charge in [0.1, 0.15) is 11.9 Å². The largest absolute Gasteiger partial charge is 0.487 e. The average Bonchev–Trinajstić information content (AvgIpc) is 3.30. The Morgan fingerprint density at radius 1 is 1.20 bits per heavy atom. The van der Waals surface area contributed by atoms with Gasteiger partial charge in [0, 0.05) is 25.8 Å². The number of hydroxylamine groups is 1. The van der Waals surface area contributed by atoms with Crippen LogP contribution in [0.5, 0.6) is 5.75 Å². The molecule has 1 fully saturated rings. The number of nitrogens with zero attached hydrogens (tertiary/aromatic N) is 2. The van der Waals surface area contributed by atoms with Crippen LogP contribution in [0.25, 0.3) is 5.57 Å². The van der Waals surface area contributed by atoms with Gasteiger partial charge < -0.3 is 15.0 Å². The topological polar surface area (TPSA) is 104 Å². The molecule has 156 valence electrons. The first-order valence-corrected chi connectivity index (χ1v) is 9.93. The number of carbonyl (C=O) groups is 2. The molecule has 2 aliphatic heterocycles. The predicted octanol–water partition coefficient (Wildman–Crippen LogP) is 1.24. The number of hydrogen-bond acceptors (Lipinski definition) is 6. The van der Waals surface area contributed by atoms with Crippen LogP contribution in [0.15, 0.2) is 60.9 Å². The molecule has 0 saturated carbocycles. The van der Waals surface area contributed by atoms with Crippen molar-refractivity contribution in [2.75, 3.05) is 19.6 Å². The molecule has 1 aromatic heterocycles. The maximum atomic E-state index is 13.2. The zero-order valence-corrected chi connectivity index (χ0v) is 16.4. The van der Waals surface area contributed by atoms with Crippen molar-refractivity contribution < 1.29 is 19.5 Å². The van der Waals surface area contributed by atoms with Crippen LogP contribution in [0, 0.1) is 5.92 Å². The predicted molar refractivity (Wildman–Crippen MR) is 109 cm³/mol. The van der Waals surface area contributed by atoms with Crippen LogP contribution < -0.4 is 15.5 Å². The highest BCUT2D eigenvalue weighted by molar-refractivity contribution is 5.91. The summed E-state index contributed by atoms with van der Waals surface area (Å²) in [7, 11) is 0. The SMILES string of the molecule is O=C(NO)C1CC(Oc2cccnc2)CNC1C(=O)N1CC=C(c2ccccc2)C1. The van der Waals surface area contributed by atoms with Gasteiger partial charge in [-0.1, -0.05) is 36.4 Å². The molecule has 3 atom stereocenters. The van der Waals surface area contributed by atoms with E-state index >= 15 is 0 Å². The zero-order chi connectivity index (χ0) is 20.9. The van der Waals surface area contributed by atoms with Gasteiger partial charge in [0.2, 0.25) is 11.8 Å². The van der Waals surface area contributed by atoms with E-state index in [-0.39, 0.29) is 12.0 Å². The minimum Gasteiger partial charge on any atom is -0.487 e. The van der Waals surface area contributed by atoms with E-state index in [1.165, 1.54) is 0 Å². The van der Waals surface area contributed by atoms with Gasteiger partial charge in [-0.2, -0.15) is 0 Å². The molecule has 4 rings (SSSR count). The number of benzene rings is 1. The molecule has 2 amide bonds. The number of rotatable bonds is 5. The number of nitrogens with one attached hydrogen (secondary N) is 2. The van der Waals surface area contributed by atoms with Crippen LogP contribution in [0.1, 0.15) is 12.0 Å². The average molecular weight is 408 g/mol. The highest BCUT2D eigenvalue weighted by atomic mass is 16.5. The van der Waals surface area contributed by atoms with Crippen molar-refractivity contribution in [3.05, 3.63) is 66.5 Å². The number of amides is 2. The van der Waals surface area contributed by atoms with Crippen molar-refractivity contribution in [2.45, 2.75) is 18.6 Å². The van der Waals surface area contributed by atoms with E-state index in [0.717, 1.165) is 11.1 Å². The van der Waals surface area contributed by atoms with Gasteiger partial charge in [-0.15, -0.1) is 0 Å². The van der Waals surface area contributed by atoms with Gasteiger partial charge in [0.25, 0.3) is 0 Å². The van der Waals surface area contributed by atoms with E-state index in [2.05, 4.69) is 10.3 Å². The Bertz CT molecular complexity index is 919. The summed E-state index contributed by atoms with van der Waals surface area (Å²) in [6.07, 6.45) is 5.26. The zero-order valence-electron chi connectivity index (χ0n) is 16.4. The monoisotopic (exact) mass is 408 g/mol. The molecule has 0 spiro atoms. The van der Waals surface area contributed by atoms with Gasteiger partial charge in [0.15, 0.2) is 0 Å². The Morgan fingerprint density at radius 3 is 2.77 bits per heavy atom. The summed E-state index contributed by atoms with van der Waals surface area (Å²) in [5.74, 6) is -0.923. The van der Waals surface area contributed by atoms with Gasteiger partial charge in [-0.05, 0) is 29.7 Å². The van der Waals surface area contributed by atoms with Crippen molar-refractivity contribution in [1.82, 2.24) is 20.7 Å². The Labute approximate surface area is 174 Å². The molecule has 0 bridgehead atoms. The minimum atomic E-state index is -0.751. The van der Waals surface area contributed by atoms with Crippen molar-refractivity contribution in [1.29, 1.82) is 0 Å². The lowest BCUT2D eigenvalue weighted by molar-refractivity contribution is -0.144. The molecule has 0 radical (unpaired) electrons. The van der Waals surface area contributed by atoms with Gasteiger partial charge in [-0.25, -0.2) is 5.48 Å². The van der Waals surface area contributed by atoms with E-state index in [9.17, 15) is 14.8 Å². The Morgan fingerprint density at radius 2 is 2.03 bits per heavy atom. The Hall–Kier alpha value is -3.23. The van der Waals surface area contributed by atoms with E-state index in [1.807, 2.05) is 36.4 Å². The van der Waals surface area contributed by atoms with E-state index in [0.29, 0.717) is 31.8 Å². The lowest BCUT2D eigenvalue weighted by Crippen LogP contribution is -2.60. The van der Waals surface area contributed by atoms with Crippen molar-refractivity contribution in [3.8, 4) is 5.75 Å². The van der Waals surface area contributed by atoms with Gasteiger partial charge >= 0.3 is 0 Å². The third-order valence-corrected chi connectivity index (χ3v) is 5.51. The first kappa shape index (κ1) is 20.1. The van der Waals surface area contributed by atoms with Crippen molar-refractivity contribution in [2.24, 2.45) is 5.92 Å². The molecule has 3 unspecified atom stereocenters. The molecule has 0 aliphatic carbocycles. The molecule has 30 heavy (non-hydrogen) atoms. The number of aromatic nitrogens is 1. The summed E-state index contributed by atoms with van der Waals surface area (Å²) >= 11 is 0. The van der Waals surface area contributed by atoms with E-state index < -0.39 is 17.9 Å². The summed E-state index contributed by atoms with van der Waals surface area (Å²) in [6.45, 7) is 1.39. The van der Waals surface area contributed by atoms with Gasteiger partial charge in [-0.3, -0.25) is 19.8 Å². The second kappa shape index (κ2) is 9.06. The number of hydrogen-bond donors (Lipinski definition) is 3. The van der Waals surface area contributed by atoms with Crippen LogP contribution in [-0.4, -0.2) is 58.7 Å². The smallest absolute Gasteiger partial charge is 0.248 e. The first-order chi connectivity index (χ1) is 14.7. The number of pyridine rings is 1. The van der Waals surface area contributed by atoms with Crippen LogP contribution >= 0.6 is 0 Å². The lowest BCUT2D eigenvalue weighted by Gasteiger charge is -2.36. The number of ether oxygens (including phenoxy) is 1. The summed E-state index contributed by atoms with van der Waals surface area (Å²) in [5, 5.41) is 12.4. The summed E-state index contributed by atoms with van der Waals surface area (Å²) in [5.41, 5.74) is 3.86. The molecule has 1 aromatic carbocycles. The van der Waals surface area contributed by atoms with Gasteiger partial charge in [0.05, 0.1) is 18.2 Å². The number of carbonyl (C=O) groups excluding carboxylic acids is 2. The fraction of sp³-hybridized carbons (Fsp3) is 0.318. The van der Waals surface area contributed by atoms with E-state index in [1.54, 1.807) is 34.9 Å². The fourth-order valence-corrected chi connectivity index (χ4v) is 3.98. The standard InChI is InChI=1S/C22H24N4O4/c27-21(25-29)19-11-18(30-17-7-4-9-23-12-17)13-24-20(19)22(28)26-10-8-16(14-26)15-5-2-1-3-6-15/h1-9,12,18-20,24,29H,10-11,13-14H2,(H,25,27). The summed E-state index contributed by atoms with van der Waals surface area (Å²) < 4.78 is 5.89. The molecule has 8 nitrogen and oxygen atoms in total. The maximum absolute atomic E-state index is 13.2. The van der Waals surface area contributed by atoms with Crippen LogP contribution in [0.4, 0.5) is 0 Å². The van der Waals surface area contributed by atoms with Crippen LogP contribution in [0.3, 0.4) is 0 Å². The molecule has 3 heterocycles. The minimum absolute atomic E-state index is 0.161. The van der Waals surface area contributed by atoms with E-state index in [4.69, 9.17) is 4.74 Å². The fourth-order valence-electron chi connectivity index (χ4n) is 3.98.